The number of carbonyl (C=O) groups is 2. The minimum absolute atomic E-state index is 0.147. The molecule has 0 fully saturated rings. The van der Waals surface area contributed by atoms with Crippen LogP contribution in [0.1, 0.15) is 39.0 Å². The van der Waals surface area contributed by atoms with Crippen LogP contribution in [0.25, 0.3) is 0 Å². The molecule has 0 aromatic heterocycles. The second-order valence-electron chi connectivity index (χ2n) is 3.38. The molecule has 0 aliphatic heterocycles. The van der Waals surface area contributed by atoms with Crippen molar-refractivity contribution >= 4 is 11.8 Å². The van der Waals surface area contributed by atoms with E-state index in [-0.39, 0.29) is 12.2 Å². The maximum atomic E-state index is 11.7. The summed E-state index contributed by atoms with van der Waals surface area (Å²) in [7, 11) is 0. The number of esters is 1. The van der Waals surface area contributed by atoms with Gasteiger partial charge in [0.25, 0.3) is 0 Å². The van der Waals surface area contributed by atoms with Gasteiger partial charge in [0, 0.05) is 12.8 Å². The van der Waals surface area contributed by atoms with Crippen LogP contribution in [0, 0.1) is 0 Å². The number of alkyl halides is 3. The van der Waals surface area contributed by atoms with Gasteiger partial charge in [0.15, 0.2) is 0 Å². The molecular weight excluding hydrogens is 225 g/mol. The highest BCUT2D eigenvalue weighted by Gasteiger charge is 2.40. The summed E-state index contributed by atoms with van der Waals surface area (Å²) in [6, 6.07) is 0. The van der Waals surface area contributed by atoms with Crippen molar-refractivity contribution in [1.29, 1.82) is 0 Å². The first-order valence-corrected chi connectivity index (χ1v) is 5.13. The lowest BCUT2D eigenvalue weighted by Gasteiger charge is -2.06. The molecule has 0 bridgehead atoms. The maximum Gasteiger partial charge on any atom is 0.490 e. The monoisotopic (exact) mass is 240 g/mol. The van der Waals surface area contributed by atoms with Gasteiger partial charge in [0.2, 0.25) is 0 Å². The Hall–Kier alpha value is -1.07. The van der Waals surface area contributed by atoms with E-state index in [1.807, 2.05) is 6.92 Å². The third-order valence-electron chi connectivity index (χ3n) is 1.90. The summed E-state index contributed by atoms with van der Waals surface area (Å²) >= 11 is 0. The molecule has 0 aromatic rings. The van der Waals surface area contributed by atoms with Crippen molar-refractivity contribution in [3.63, 3.8) is 0 Å². The van der Waals surface area contributed by atoms with Crippen molar-refractivity contribution in [2.24, 2.45) is 0 Å². The van der Waals surface area contributed by atoms with E-state index in [4.69, 9.17) is 0 Å². The number of carbonyl (C=O) groups excluding carboxylic acids is 2. The molecule has 0 saturated carbocycles. The van der Waals surface area contributed by atoms with Gasteiger partial charge >= 0.3 is 12.1 Å². The molecule has 0 aliphatic carbocycles. The molecule has 0 atom stereocenters. The van der Waals surface area contributed by atoms with Crippen LogP contribution in [-0.4, -0.2) is 24.5 Å². The third kappa shape index (κ3) is 7.25. The molecule has 0 aromatic carbocycles. The maximum absolute atomic E-state index is 11.7. The largest absolute Gasteiger partial charge is 0.490 e. The first-order valence-electron chi connectivity index (χ1n) is 5.13. The van der Waals surface area contributed by atoms with Crippen LogP contribution >= 0.6 is 0 Å². The molecule has 0 saturated heterocycles. The quantitative estimate of drug-likeness (QED) is 0.507. The Morgan fingerprint density at radius 1 is 1.12 bits per heavy atom. The first kappa shape index (κ1) is 14.9. The summed E-state index contributed by atoms with van der Waals surface area (Å²) in [5.41, 5.74) is 0. The van der Waals surface area contributed by atoms with Crippen molar-refractivity contribution in [2.45, 2.75) is 45.2 Å². The van der Waals surface area contributed by atoms with E-state index >= 15 is 0 Å². The van der Waals surface area contributed by atoms with Crippen LogP contribution in [0.4, 0.5) is 13.2 Å². The van der Waals surface area contributed by atoms with Gasteiger partial charge in [0.1, 0.15) is 5.78 Å². The summed E-state index contributed by atoms with van der Waals surface area (Å²) in [5, 5.41) is 0. The predicted octanol–water partition coefficient (Wildman–Crippen LogP) is 2.63. The number of rotatable bonds is 7. The minimum atomic E-state index is -4.98. The normalized spacial score (nSPS) is 11.2. The Labute approximate surface area is 92.0 Å². The molecule has 94 valence electrons. The van der Waals surface area contributed by atoms with E-state index in [1.165, 1.54) is 0 Å². The summed E-state index contributed by atoms with van der Waals surface area (Å²) in [6.45, 7) is 1.49. The molecule has 0 unspecified atom stereocenters. The summed E-state index contributed by atoms with van der Waals surface area (Å²) in [6.07, 6.45) is -2.19. The number of hydrogen-bond donors (Lipinski definition) is 0. The highest BCUT2D eigenvalue weighted by atomic mass is 19.4. The van der Waals surface area contributed by atoms with Gasteiger partial charge < -0.3 is 4.74 Å². The molecule has 3 nitrogen and oxygen atoms in total. The molecule has 0 amide bonds. The zero-order valence-electron chi connectivity index (χ0n) is 9.10. The number of hydrogen-bond acceptors (Lipinski definition) is 3. The van der Waals surface area contributed by atoms with E-state index in [0.29, 0.717) is 6.42 Å². The standard InChI is InChI=1S/C10H15F3O3/c1-2-3-4-5-8(14)6-7-16-9(15)10(11,12)13/h2-7H2,1H3. The zero-order valence-corrected chi connectivity index (χ0v) is 9.10. The van der Waals surface area contributed by atoms with Crippen molar-refractivity contribution < 1.29 is 27.5 Å². The molecule has 0 aliphatic rings. The zero-order chi connectivity index (χ0) is 12.6. The fourth-order valence-electron chi connectivity index (χ4n) is 1.04. The van der Waals surface area contributed by atoms with E-state index in [2.05, 4.69) is 4.74 Å². The van der Waals surface area contributed by atoms with Crippen molar-refractivity contribution in [3.8, 4) is 0 Å². The molecule has 0 spiro atoms. The molecule has 0 rings (SSSR count). The first-order chi connectivity index (χ1) is 7.38. The van der Waals surface area contributed by atoms with Crippen LogP contribution in [0.2, 0.25) is 0 Å². The molecule has 16 heavy (non-hydrogen) atoms. The van der Waals surface area contributed by atoms with Crippen LogP contribution in [0.15, 0.2) is 0 Å². The summed E-state index contributed by atoms with van der Waals surface area (Å²) in [5.74, 6) is -2.42. The lowest BCUT2D eigenvalue weighted by atomic mass is 10.1. The molecule has 0 N–H and O–H groups in total. The average molecular weight is 240 g/mol. The van der Waals surface area contributed by atoms with E-state index in [0.717, 1.165) is 19.3 Å². The van der Waals surface area contributed by atoms with E-state index in [9.17, 15) is 22.8 Å². The molecular formula is C10H15F3O3. The fourth-order valence-corrected chi connectivity index (χ4v) is 1.04. The second-order valence-corrected chi connectivity index (χ2v) is 3.38. The van der Waals surface area contributed by atoms with Crippen molar-refractivity contribution in [3.05, 3.63) is 0 Å². The summed E-state index contributed by atoms with van der Waals surface area (Å²) < 4.78 is 38.9. The van der Waals surface area contributed by atoms with E-state index < -0.39 is 18.8 Å². The van der Waals surface area contributed by atoms with Gasteiger partial charge in [0.05, 0.1) is 6.61 Å². The summed E-state index contributed by atoms with van der Waals surface area (Å²) in [4.78, 5) is 21.3. The molecule has 0 heterocycles. The number of halogens is 3. The molecule has 0 radical (unpaired) electrons. The smallest absolute Gasteiger partial charge is 0.459 e. The second kappa shape index (κ2) is 7.24. The Kier molecular flexibility index (Phi) is 6.76. The average Bonchev–Trinajstić information content (AvgIpc) is 2.16. The van der Waals surface area contributed by atoms with Crippen LogP contribution < -0.4 is 0 Å². The van der Waals surface area contributed by atoms with Crippen LogP contribution in [0.5, 0.6) is 0 Å². The third-order valence-corrected chi connectivity index (χ3v) is 1.90. The Balaban J connectivity index is 3.59. The predicted molar refractivity (Wildman–Crippen MR) is 50.8 cm³/mol. The fraction of sp³-hybridized carbons (Fsp3) is 0.800. The van der Waals surface area contributed by atoms with Gasteiger partial charge in [-0.05, 0) is 6.42 Å². The number of unbranched alkanes of at least 4 members (excludes halogenated alkanes) is 2. The topological polar surface area (TPSA) is 43.4 Å². The lowest BCUT2D eigenvalue weighted by molar-refractivity contribution is -0.199. The van der Waals surface area contributed by atoms with E-state index in [1.54, 1.807) is 0 Å². The highest BCUT2D eigenvalue weighted by Crippen LogP contribution is 2.16. The van der Waals surface area contributed by atoms with Gasteiger partial charge in [-0.1, -0.05) is 19.8 Å². The number of ether oxygens (including phenoxy) is 1. The van der Waals surface area contributed by atoms with Crippen molar-refractivity contribution in [1.82, 2.24) is 0 Å². The Morgan fingerprint density at radius 3 is 2.25 bits per heavy atom. The van der Waals surface area contributed by atoms with Gasteiger partial charge in [-0.2, -0.15) is 13.2 Å². The van der Waals surface area contributed by atoms with Gasteiger partial charge in [-0.15, -0.1) is 0 Å². The SMILES string of the molecule is CCCCCC(=O)CCOC(=O)C(F)(F)F. The number of ketones is 1. The van der Waals surface area contributed by atoms with Crippen LogP contribution in [-0.2, 0) is 14.3 Å². The lowest BCUT2D eigenvalue weighted by Crippen LogP contribution is -2.26. The van der Waals surface area contributed by atoms with Crippen LogP contribution in [0.3, 0.4) is 0 Å². The molecule has 6 heteroatoms. The van der Waals surface area contributed by atoms with Gasteiger partial charge in [-0.3, -0.25) is 4.79 Å². The van der Waals surface area contributed by atoms with Crippen molar-refractivity contribution in [2.75, 3.05) is 6.61 Å². The minimum Gasteiger partial charge on any atom is -0.459 e. The Morgan fingerprint density at radius 2 is 1.75 bits per heavy atom. The highest BCUT2D eigenvalue weighted by molar-refractivity contribution is 5.79. The van der Waals surface area contributed by atoms with Gasteiger partial charge in [-0.25, -0.2) is 4.79 Å². The Bertz CT molecular complexity index is 236. The number of Topliss-reactive ketones (excluding diaryl/α,β-unsaturated/α-hetero) is 1.